The minimum Gasteiger partial charge on any atom is -0.435 e. The number of carbonyl (C=O) groups is 1. The minimum absolute atomic E-state index is 0.0131. The maximum Gasteiger partial charge on any atom is 0.387 e. The topological polar surface area (TPSA) is 38.3 Å². The highest BCUT2D eigenvalue weighted by molar-refractivity contribution is 5.78. The summed E-state index contributed by atoms with van der Waals surface area (Å²) < 4.78 is 57.3. The lowest BCUT2D eigenvalue weighted by molar-refractivity contribution is -0.120. The average Bonchev–Trinajstić information content (AvgIpc) is 3.11. The predicted molar refractivity (Wildman–Crippen MR) is 96.3 cm³/mol. The SMILES string of the molecule is O=C(Cc1ccc(OC(F)F)cc1)NCC1(c2c(F)cccc2F)CCCC1. The van der Waals surface area contributed by atoms with E-state index in [0.717, 1.165) is 12.8 Å². The van der Waals surface area contributed by atoms with E-state index in [9.17, 15) is 22.4 Å². The lowest BCUT2D eigenvalue weighted by Crippen LogP contribution is -2.40. The monoisotopic (exact) mass is 395 g/mol. The smallest absolute Gasteiger partial charge is 0.387 e. The van der Waals surface area contributed by atoms with E-state index in [1.807, 2.05) is 0 Å². The first-order valence-corrected chi connectivity index (χ1v) is 9.15. The molecule has 1 aliphatic rings. The molecule has 1 N–H and O–H groups in total. The van der Waals surface area contributed by atoms with Crippen LogP contribution in [0.4, 0.5) is 17.6 Å². The van der Waals surface area contributed by atoms with Gasteiger partial charge in [0, 0.05) is 17.5 Å². The summed E-state index contributed by atoms with van der Waals surface area (Å²) in [6, 6.07) is 9.59. The molecule has 1 aliphatic carbocycles. The van der Waals surface area contributed by atoms with Gasteiger partial charge in [-0.1, -0.05) is 31.0 Å². The van der Waals surface area contributed by atoms with Crippen LogP contribution in [0.15, 0.2) is 42.5 Å². The van der Waals surface area contributed by atoms with Crippen LogP contribution in [0, 0.1) is 11.6 Å². The van der Waals surface area contributed by atoms with Gasteiger partial charge in [0.05, 0.1) is 6.42 Å². The first-order chi connectivity index (χ1) is 13.4. The highest BCUT2D eigenvalue weighted by atomic mass is 19.3. The minimum atomic E-state index is -2.91. The zero-order chi connectivity index (χ0) is 20.1. The summed E-state index contributed by atoms with van der Waals surface area (Å²) in [5.74, 6) is -1.47. The van der Waals surface area contributed by atoms with Crippen LogP contribution >= 0.6 is 0 Å². The maximum atomic E-state index is 14.3. The van der Waals surface area contributed by atoms with Crippen LogP contribution in [-0.2, 0) is 16.6 Å². The summed E-state index contributed by atoms with van der Waals surface area (Å²) in [6.45, 7) is -2.76. The first-order valence-electron chi connectivity index (χ1n) is 9.15. The molecule has 0 bridgehead atoms. The van der Waals surface area contributed by atoms with Gasteiger partial charge in [0.1, 0.15) is 17.4 Å². The van der Waals surface area contributed by atoms with Gasteiger partial charge in [-0.15, -0.1) is 0 Å². The van der Waals surface area contributed by atoms with E-state index in [4.69, 9.17) is 0 Å². The third kappa shape index (κ3) is 4.64. The zero-order valence-corrected chi connectivity index (χ0v) is 15.2. The van der Waals surface area contributed by atoms with Gasteiger partial charge in [0.15, 0.2) is 0 Å². The Hall–Kier alpha value is -2.57. The molecular formula is C21H21F4NO2. The van der Waals surface area contributed by atoms with Gasteiger partial charge < -0.3 is 10.1 Å². The van der Waals surface area contributed by atoms with Crippen molar-refractivity contribution in [2.24, 2.45) is 0 Å². The van der Waals surface area contributed by atoms with E-state index in [0.29, 0.717) is 18.4 Å². The normalized spacial score (nSPS) is 15.6. The van der Waals surface area contributed by atoms with E-state index in [-0.39, 0.29) is 30.2 Å². The Bertz CT molecular complexity index is 797. The summed E-state index contributed by atoms with van der Waals surface area (Å²) in [6.07, 6.45) is 2.92. The van der Waals surface area contributed by atoms with Gasteiger partial charge in [-0.25, -0.2) is 8.78 Å². The number of rotatable bonds is 7. The van der Waals surface area contributed by atoms with Crippen molar-refractivity contribution in [3.05, 3.63) is 65.2 Å². The molecule has 0 saturated heterocycles. The second-order valence-corrected chi connectivity index (χ2v) is 7.06. The van der Waals surface area contributed by atoms with E-state index < -0.39 is 23.7 Å². The molecule has 0 aliphatic heterocycles. The van der Waals surface area contributed by atoms with Crippen molar-refractivity contribution in [3.8, 4) is 5.75 Å². The number of nitrogens with one attached hydrogen (secondary N) is 1. The number of hydrogen-bond donors (Lipinski definition) is 1. The summed E-state index contributed by atoms with van der Waals surface area (Å²) in [4.78, 5) is 12.3. The molecule has 0 heterocycles. The quantitative estimate of drug-likeness (QED) is 0.688. The van der Waals surface area contributed by atoms with Crippen LogP contribution in [0.1, 0.15) is 36.8 Å². The summed E-state index contributed by atoms with van der Waals surface area (Å²) in [7, 11) is 0. The number of carbonyl (C=O) groups excluding carboxylic acids is 1. The van der Waals surface area contributed by atoms with Gasteiger partial charge in [-0.05, 0) is 42.7 Å². The van der Waals surface area contributed by atoms with Crippen molar-refractivity contribution in [3.63, 3.8) is 0 Å². The standard InChI is InChI=1S/C21H21F4NO2/c22-16-4-3-5-17(23)19(16)21(10-1-2-11-21)13-26-18(27)12-14-6-8-15(9-7-14)28-20(24)25/h3-9,20H,1-2,10-13H2,(H,26,27). The second-order valence-electron chi connectivity index (χ2n) is 7.06. The number of amides is 1. The number of halogens is 4. The van der Waals surface area contributed by atoms with E-state index >= 15 is 0 Å². The molecule has 2 aromatic rings. The fourth-order valence-electron chi connectivity index (χ4n) is 3.88. The summed E-state index contributed by atoms with van der Waals surface area (Å²) in [5, 5.41) is 2.79. The summed E-state index contributed by atoms with van der Waals surface area (Å²) >= 11 is 0. The van der Waals surface area contributed by atoms with Crippen molar-refractivity contribution in [2.75, 3.05) is 6.54 Å². The lowest BCUT2D eigenvalue weighted by Gasteiger charge is -2.30. The number of alkyl halides is 2. The molecule has 0 aromatic heterocycles. The van der Waals surface area contributed by atoms with E-state index in [2.05, 4.69) is 10.1 Å². The number of hydrogen-bond acceptors (Lipinski definition) is 2. The Morgan fingerprint density at radius 2 is 1.64 bits per heavy atom. The molecule has 150 valence electrons. The van der Waals surface area contributed by atoms with Crippen molar-refractivity contribution in [2.45, 2.75) is 44.1 Å². The predicted octanol–water partition coefficient (Wildman–Crippen LogP) is 4.74. The van der Waals surface area contributed by atoms with Crippen molar-refractivity contribution in [1.82, 2.24) is 5.32 Å². The molecule has 3 nitrogen and oxygen atoms in total. The highest BCUT2D eigenvalue weighted by Gasteiger charge is 2.40. The highest BCUT2D eigenvalue weighted by Crippen LogP contribution is 2.42. The van der Waals surface area contributed by atoms with Gasteiger partial charge in [0.25, 0.3) is 0 Å². The van der Waals surface area contributed by atoms with Crippen LogP contribution in [0.3, 0.4) is 0 Å². The third-order valence-electron chi connectivity index (χ3n) is 5.19. The Labute approximate surface area is 160 Å². The van der Waals surface area contributed by atoms with Crippen LogP contribution in [-0.4, -0.2) is 19.1 Å². The Kier molecular flexibility index (Phi) is 6.21. The van der Waals surface area contributed by atoms with Crippen LogP contribution in [0.2, 0.25) is 0 Å². The molecule has 1 fully saturated rings. The van der Waals surface area contributed by atoms with Gasteiger partial charge in [-0.3, -0.25) is 4.79 Å². The first kappa shape index (κ1) is 20.2. The zero-order valence-electron chi connectivity index (χ0n) is 15.2. The Balaban J connectivity index is 1.65. The van der Waals surface area contributed by atoms with Gasteiger partial charge in [0.2, 0.25) is 5.91 Å². The summed E-state index contributed by atoms with van der Waals surface area (Å²) in [5.41, 5.74) is -0.0852. The molecule has 2 aromatic carbocycles. The van der Waals surface area contributed by atoms with Crippen molar-refractivity contribution < 1.29 is 27.1 Å². The number of ether oxygens (including phenoxy) is 1. The fraction of sp³-hybridized carbons (Fsp3) is 0.381. The molecule has 0 radical (unpaired) electrons. The lowest BCUT2D eigenvalue weighted by atomic mass is 9.78. The maximum absolute atomic E-state index is 14.3. The van der Waals surface area contributed by atoms with E-state index in [1.165, 1.54) is 42.5 Å². The van der Waals surface area contributed by atoms with Crippen molar-refractivity contribution in [1.29, 1.82) is 0 Å². The van der Waals surface area contributed by atoms with Crippen LogP contribution in [0.5, 0.6) is 5.75 Å². The van der Waals surface area contributed by atoms with Gasteiger partial charge in [-0.2, -0.15) is 8.78 Å². The Morgan fingerprint density at radius 1 is 1.04 bits per heavy atom. The third-order valence-corrected chi connectivity index (χ3v) is 5.19. The van der Waals surface area contributed by atoms with Gasteiger partial charge >= 0.3 is 6.61 Å². The Morgan fingerprint density at radius 3 is 2.21 bits per heavy atom. The van der Waals surface area contributed by atoms with Crippen molar-refractivity contribution >= 4 is 5.91 Å². The molecule has 7 heteroatoms. The second kappa shape index (κ2) is 8.63. The fourth-order valence-corrected chi connectivity index (χ4v) is 3.88. The molecule has 3 rings (SSSR count). The molecule has 0 unspecified atom stereocenters. The van der Waals surface area contributed by atoms with Crippen LogP contribution < -0.4 is 10.1 Å². The molecule has 0 spiro atoms. The molecule has 28 heavy (non-hydrogen) atoms. The molecule has 0 atom stereocenters. The molecule has 1 amide bonds. The molecule has 1 saturated carbocycles. The molecular weight excluding hydrogens is 374 g/mol. The number of benzene rings is 2. The van der Waals surface area contributed by atoms with E-state index in [1.54, 1.807) is 0 Å². The van der Waals surface area contributed by atoms with Crippen LogP contribution in [0.25, 0.3) is 0 Å². The average molecular weight is 395 g/mol. The largest absolute Gasteiger partial charge is 0.435 e.